The van der Waals surface area contributed by atoms with Gasteiger partial charge in [-0.2, -0.15) is 0 Å². The second kappa shape index (κ2) is 4.69. The van der Waals surface area contributed by atoms with E-state index in [1.807, 2.05) is 0 Å². The molecule has 2 aliphatic rings. The summed E-state index contributed by atoms with van der Waals surface area (Å²) < 4.78 is 0. The number of rotatable bonds is 2. The van der Waals surface area contributed by atoms with Gasteiger partial charge in [0.25, 0.3) is 0 Å². The first-order valence-electron chi connectivity index (χ1n) is 4.73. The minimum Gasteiger partial charge on any atom is -0.296 e. The van der Waals surface area contributed by atoms with Crippen molar-refractivity contribution in [1.82, 2.24) is 4.90 Å². The Bertz CT molecular complexity index is 124. The van der Waals surface area contributed by atoms with Gasteiger partial charge in [-0.05, 0) is 25.7 Å². The summed E-state index contributed by atoms with van der Waals surface area (Å²) in [6, 6.07) is 1.79. The van der Waals surface area contributed by atoms with E-state index in [0.29, 0.717) is 0 Å². The van der Waals surface area contributed by atoms with Crippen LogP contribution in [0, 0.1) is 0 Å². The van der Waals surface area contributed by atoms with Crippen LogP contribution in [0.1, 0.15) is 32.1 Å². The summed E-state index contributed by atoms with van der Waals surface area (Å²) in [5.74, 6) is 0.812. The van der Waals surface area contributed by atoms with Crippen LogP contribution in [0.15, 0.2) is 0 Å². The van der Waals surface area contributed by atoms with Crippen LogP contribution in [0.4, 0.5) is 0 Å². The van der Waals surface area contributed by atoms with Crippen LogP contribution in [0.5, 0.6) is 0 Å². The van der Waals surface area contributed by atoms with Gasteiger partial charge >= 0.3 is 0 Å². The number of piperidine rings is 1. The molecule has 2 heterocycles. The summed E-state index contributed by atoms with van der Waals surface area (Å²) in [7, 11) is 0. The molecule has 0 aliphatic carbocycles. The molecular formula is C9H17Cl2N. The Kier molecular flexibility index (Phi) is 4.15. The first kappa shape index (κ1) is 10.6. The Morgan fingerprint density at radius 3 is 2.17 bits per heavy atom. The van der Waals surface area contributed by atoms with Crippen LogP contribution in [-0.4, -0.2) is 29.4 Å². The van der Waals surface area contributed by atoms with Gasteiger partial charge in [-0.1, -0.05) is 6.42 Å². The molecule has 2 rings (SSSR count). The molecule has 2 fully saturated rings. The molecule has 2 aliphatic heterocycles. The Labute approximate surface area is 85.9 Å². The van der Waals surface area contributed by atoms with Crippen molar-refractivity contribution < 1.29 is 0 Å². The zero-order valence-corrected chi connectivity index (χ0v) is 8.91. The molecule has 1 nitrogen and oxygen atoms in total. The number of hydrogen-bond acceptors (Lipinski definition) is 1. The maximum atomic E-state index is 5.75. The van der Waals surface area contributed by atoms with Gasteiger partial charge < -0.3 is 0 Å². The molecule has 2 unspecified atom stereocenters. The molecule has 0 aromatic carbocycles. The van der Waals surface area contributed by atoms with Crippen molar-refractivity contribution in [3.63, 3.8) is 0 Å². The van der Waals surface area contributed by atoms with Crippen LogP contribution >= 0.6 is 24.0 Å². The maximum Gasteiger partial charge on any atom is 0.0351 e. The largest absolute Gasteiger partial charge is 0.296 e. The Balaban J connectivity index is 0.000000720. The van der Waals surface area contributed by atoms with Crippen LogP contribution in [-0.2, 0) is 0 Å². The van der Waals surface area contributed by atoms with E-state index in [9.17, 15) is 0 Å². The SMILES string of the molecule is Cl.ClCCN1C2CCCC1CC2. The number of halogens is 2. The Morgan fingerprint density at radius 2 is 1.67 bits per heavy atom. The Hall–Kier alpha value is 0.540. The molecule has 2 atom stereocenters. The van der Waals surface area contributed by atoms with Gasteiger partial charge in [-0.15, -0.1) is 24.0 Å². The quantitative estimate of drug-likeness (QED) is 0.633. The van der Waals surface area contributed by atoms with Crippen molar-refractivity contribution in [1.29, 1.82) is 0 Å². The number of alkyl halides is 1. The minimum absolute atomic E-state index is 0. The molecular weight excluding hydrogens is 193 g/mol. The average Bonchev–Trinajstić information content (AvgIpc) is 2.30. The molecule has 2 bridgehead atoms. The predicted molar refractivity (Wildman–Crippen MR) is 55.3 cm³/mol. The summed E-state index contributed by atoms with van der Waals surface area (Å²) >= 11 is 5.75. The van der Waals surface area contributed by atoms with E-state index < -0.39 is 0 Å². The average molecular weight is 210 g/mol. The molecule has 0 N–H and O–H groups in total. The van der Waals surface area contributed by atoms with E-state index in [4.69, 9.17) is 11.6 Å². The fourth-order valence-corrected chi connectivity index (χ4v) is 2.88. The van der Waals surface area contributed by atoms with Crippen molar-refractivity contribution in [2.24, 2.45) is 0 Å². The molecule has 3 heteroatoms. The highest BCUT2D eigenvalue weighted by Gasteiger charge is 2.35. The standard InChI is InChI=1S/C9H16ClN.ClH/c10-6-7-11-8-2-1-3-9(11)5-4-8;/h8-9H,1-7H2;1H. The third kappa shape index (κ3) is 1.89. The van der Waals surface area contributed by atoms with Crippen LogP contribution in [0.25, 0.3) is 0 Å². The summed E-state index contributed by atoms with van der Waals surface area (Å²) in [5.41, 5.74) is 0. The highest BCUT2D eigenvalue weighted by molar-refractivity contribution is 6.18. The van der Waals surface area contributed by atoms with Crippen molar-refractivity contribution in [2.45, 2.75) is 44.2 Å². The van der Waals surface area contributed by atoms with Crippen LogP contribution in [0.3, 0.4) is 0 Å². The predicted octanol–water partition coefficient (Wildman–Crippen LogP) is 2.66. The molecule has 0 spiro atoms. The van der Waals surface area contributed by atoms with E-state index in [1.165, 1.54) is 32.1 Å². The van der Waals surface area contributed by atoms with Gasteiger partial charge in [-0.25, -0.2) is 0 Å². The number of fused-ring (bicyclic) bond motifs is 2. The van der Waals surface area contributed by atoms with Gasteiger partial charge in [0, 0.05) is 24.5 Å². The monoisotopic (exact) mass is 209 g/mol. The van der Waals surface area contributed by atoms with Crippen LogP contribution in [0.2, 0.25) is 0 Å². The van der Waals surface area contributed by atoms with Gasteiger partial charge in [0.05, 0.1) is 0 Å². The third-order valence-corrected chi connectivity index (χ3v) is 3.36. The molecule has 0 amide bonds. The van der Waals surface area contributed by atoms with Gasteiger partial charge in [-0.3, -0.25) is 4.90 Å². The molecule has 2 saturated heterocycles. The zero-order valence-electron chi connectivity index (χ0n) is 7.34. The van der Waals surface area contributed by atoms with Gasteiger partial charge in [0.1, 0.15) is 0 Å². The van der Waals surface area contributed by atoms with E-state index >= 15 is 0 Å². The summed E-state index contributed by atoms with van der Waals surface area (Å²) in [6.45, 7) is 1.12. The highest BCUT2D eigenvalue weighted by atomic mass is 35.5. The minimum atomic E-state index is 0. The fraction of sp³-hybridized carbons (Fsp3) is 1.00. The molecule has 12 heavy (non-hydrogen) atoms. The van der Waals surface area contributed by atoms with Gasteiger partial charge in [0.15, 0.2) is 0 Å². The first-order chi connectivity index (χ1) is 5.42. The lowest BCUT2D eigenvalue weighted by Crippen LogP contribution is -2.40. The molecule has 0 aromatic heterocycles. The lowest BCUT2D eigenvalue weighted by molar-refractivity contribution is 0.150. The van der Waals surface area contributed by atoms with Crippen LogP contribution < -0.4 is 0 Å². The summed E-state index contributed by atoms with van der Waals surface area (Å²) in [5, 5.41) is 0. The zero-order chi connectivity index (χ0) is 7.68. The van der Waals surface area contributed by atoms with E-state index in [-0.39, 0.29) is 12.4 Å². The maximum absolute atomic E-state index is 5.75. The molecule has 0 aromatic rings. The Morgan fingerprint density at radius 1 is 1.08 bits per heavy atom. The fourth-order valence-electron chi connectivity index (χ4n) is 2.69. The lowest BCUT2D eigenvalue weighted by Gasteiger charge is -2.33. The second-order valence-electron chi connectivity index (χ2n) is 3.74. The summed E-state index contributed by atoms with van der Waals surface area (Å²) in [4.78, 5) is 2.64. The molecule has 0 radical (unpaired) electrons. The van der Waals surface area contributed by atoms with Crippen molar-refractivity contribution in [2.75, 3.05) is 12.4 Å². The van der Waals surface area contributed by atoms with Crippen molar-refractivity contribution in [3.05, 3.63) is 0 Å². The highest BCUT2D eigenvalue weighted by Crippen LogP contribution is 2.34. The third-order valence-electron chi connectivity index (χ3n) is 3.19. The van der Waals surface area contributed by atoms with Crippen molar-refractivity contribution >= 4 is 24.0 Å². The van der Waals surface area contributed by atoms with Gasteiger partial charge in [0.2, 0.25) is 0 Å². The second-order valence-corrected chi connectivity index (χ2v) is 4.12. The smallest absolute Gasteiger partial charge is 0.0351 e. The molecule has 0 saturated carbocycles. The normalized spacial score (nSPS) is 34.8. The van der Waals surface area contributed by atoms with E-state index in [0.717, 1.165) is 24.5 Å². The number of hydrogen-bond donors (Lipinski definition) is 0. The summed E-state index contributed by atoms with van der Waals surface area (Å²) in [6.07, 6.45) is 7.16. The number of nitrogens with zero attached hydrogens (tertiary/aromatic N) is 1. The topological polar surface area (TPSA) is 3.24 Å². The first-order valence-corrected chi connectivity index (χ1v) is 5.27. The molecule has 72 valence electrons. The van der Waals surface area contributed by atoms with Crippen molar-refractivity contribution in [3.8, 4) is 0 Å². The van der Waals surface area contributed by atoms with E-state index in [2.05, 4.69) is 4.90 Å². The lowest BCUT2D eigenvalue weighted by atomic mass is 10.0. The van der Waals surface area contributed by atoms with E-state index in [1.54, 1.807) is 0 Å².